The third-order valence-electron chi connectivity index (χ3n) is 3.85. The van der Waals surface area contributed by atoms with E-state index in [-0.39, 0.29) is 5.75 Å². The van der Waals surface area contributed by atoms with Crippen molar-refractivity contribution in [1.82, 2.24) is 15.1 Å². The summed E-state index contributed by atoms with van der Waals surface area (Å²) in [5.41, 5.74) is 4.27. The topological polar surface area (TPSA) is 54.9 Å². The first-order valence-electron chi connectivity index (χ1n) is 7.15. The molecule has 114 valence electrons. The fraction of sp³-hybridized carbons (Fsp3) is 0.118. The number of nitrogens with zero attached hydrogens (tertiary/aromatic N) is 3. The molecule has 5 nitrogen and oxygen atoms in total. The SMILES string of the molecule is COc1cc2c(-c3c[nH][n+]4cc(C)cnc34)ccnc2cc1F. The minimum absolute atomic E-state index is 0.197. The van der Waals surface area contributed by atoms with Crippen LogP contribution in [0.3, 0.4) is 0 Å². The van der Waals surface area contributed by atoms with Crippen molar-refractivity contribution in [3.8, 4) is 16.9 Å². The highest BCUT2D eigenvalue weighted by Crippen LogP contribution is 2.32. The molecule has 0 spiro atoms. The summed E-state index contributed by atoms with van der Waals surface area (Å²) in [4.78, 5) is 8.74. The zero-order chi connectivity index (χ0) is 16.0. The zero-order valence-electron chi connectivity index (χ0n) is 12.7. The molecule has 0 atom stereocenters. The third kappa shape index (κ3) is 2.11. The van der Waals surface area contributed by atoms with Crippen LogP contribution in [0.15, 0.2) is 43.0 Å². The number of aromatic amines is 1. The van der Waals surface area contributed by atoms with E-state index in [0.717, 1.165) is 27.7 Å². The summed E-state index contributed by atoms with van der Waals surface area (Å²) >= 11 is 0. The minimum Gasteiger partial charge on any atom is -0.494 e. The second kappa shape index (κ2) is 5.01. The molecular weight excluding hydrogens is 295 g/mol. The van der Waals surface area contributed by atoms with Crippen molar-refractivity contribution in [2.75, 3.05) is 7.11 Å². The van der Waals surface area contributed by atoms with Gasteiger partial charge in [-0.05, 0) is 24.0 Å². The monoisotopic (exact) mass is 309 g/mol. The third-order valence-corrected chi connectivity index (χ3v) is 3.85. The lowest BCUT2D eigenvalue weighted by atomic mass is 10.0. The molecule has 0 fully saturated rings. The molecule has 6 heteroatoms. The molecule has 0 aliphatic heterocycles. The maximum atomic E-state index is 13.9. The molecule has 0 bridgehead atoms. The van der Waals surface area contributed by atoms with Gasteiger partial charge in [0.2, 0.25) is 0 Å². The number of aryl methyl sites for hydroxylation is 1. The van der Waals surface area contributed by atoms with Gasteiger partial charge in [0.25, 0.3) is 0 Å². The van der Waals surface area contributed by atoms with E-state index in [0.29, 0.717) is 5.52 Å². The van der Waals surface area contributed by atoms with Gasteiger partial charge < -0.3 is 4.74 Å². The lowest BCUT2D eigenvalue weighted by molar-refractivity contribution is -0.579. The number of aromatic nitrogens is 4. The number of benzene rings is 1. The van der Waals surface area contributed by atoms with Crippen LogP contribution in [-0.2, 0) is 0 Å². The number of pyridine rings is 1. The molecule has 0 unspecified atom stereocenters. The summed E-state index contributed by atoms with van der Waals surface area (Å²) in [6.45, 7) is 1.98. The molecule has 0 aliphatic carbocycles. The Morgan fingerprint density at radius 2 is 2.09 bits per heavy atom. The molecule has 1 N–H and O–H groups in total. The Kier molecular flexibility index (Phi) is 2.97. The van der Waals surface area contributed by atoms with E-state index in [1.165, 1.54) is 13.2 Å². The van der Waals surface area contributed by atoms with E-state index in [1.807, 2.05) is 36.1 Å². The van der Waals surface area contributed by atoms with Crippen LogP contribution in [-0.4, -0.2) is 22.2 Å². The van der Waals surface area contributed by atoms with E-state index in [4.69, 9.17) is 4.74 Å². The van der Waals surface area contributed by atoms with Crippen molar-refractivity contribution in [1.29, 1.82) is 0 Å². The maximum Gasteiger partial charge on any atom is 0.355 e. The number of ether oxygens (including phenoxy) is 1. The normalized spacial score (nSPS) is 11.3. The predicted octanol–water partition coefficient (Wildman–Crippen LogP) is 2.82. The number of nitrogens with one attached hydrogen (secondary N) is 1. The van der Waals surface area contributed by atoms with Crippen LogP contribution in [0.2, 0.25) is 0 Å². The molecule has 4 aromatic rings. The van der Waals surface area contributed by atoms with Crippen molar-refractivity contribution in [3.05, 3.63) is 54.4 Å². The van der Waals surface area contributed by atoms with Crippen molar-refractivity contribution in [2.24, 2.45) is 0 Å². The standard InChI is InChI=1S/C17H13FN4O/c1-10-7-20-17-13(8-21-22(17)9-10)11-3-4-19-15-6-14(18)16(23-2)5-12(11)15/h3-9H,1-2H3/p+1. The van der Waals surface area contributed by atoms with Gasteiger partial charge in [0.15, 0.2) is 11.6 Å². The fourth-order valence-corrected chi connectivity index (χ4v) is 2.76. The average molecular weight is 309 g/mol. The van der Waals surface area contributed by atoms with E-state index >= 15 is 0 Å². The molecule has 3 aromatic heterocycles. The molecule has 4 rings (SSSR count). The van der Waals surface area contributed by atoms with Gasteiger partial charge in [0, 0.05) is 28.8 Å². The average Bonchev–Trinajstić information content (AvgIpc) is 2.96. The number of H-pyrrole nitrogens is 1. The van der Waals surface area contributed by atoms with Crippen LogP contribution in [0.25, 0.3) is 27.7 Å². The highest BCUT2D eigenvalue weighted by molar-refractivity contribution is 5.97. The summed E-state index contributed by atoms with van der Waals surface area (Å²) in [7, 11) is 1.45. The highest BCUT2D eigenvalue weighted by atomic mass is 19.1. The predicted molar refractivity (Wildman–Crippen MR) is 83.7 cm³/mol. The molecule has 0 amide bonds. The maximum absolute atomic E-state index is 13.9. The first-order valence-corrected chi connectivity index (χ1v) is 7.15. The molecular formula is C17H14FN4O+. The van der Waals surface area contributed by atoms with Crippen LogP contribution in [0, 0.1) is 12.7 Å². The number of rotatable bonds is 2. The molecule has 1 aromatic carbocycles. The number of methoxy groups -OCH3 is 1. The fourth-order valence-electron chi connectivity index (χ4n) is 2.76. The number of hydrogen-bond donors (Lipinski definition) is 1. The summed E-state index contributed by atoms with van der Waals surface area (Å²) < 4.78 is 20.9. The molecule has 23 heavy (non-hydrogen) atoms. The Morgan fingerprint density at radius 3 is 2.91 bits per heavy atom. The Balaban J connectivity index is 2.04. The minimum atomic E-state index is -0.424. The van der Waals surface area contributed by atoms with Crippen LogP contribution in [0.5, 0.6) is 5.75 Å². The quantitative estimate of drug-likeness (QED) is 0.579. The Hall–Kier alpha value is -3.02. The first kappa shape index (κ1) is 13.6. The van der Waals surface area contributed by atoms with Crippen molar-refractivity contribution in [2.45, 2.75) is 6.92 Å². The van der Waals surface area contributed by atoms with E-state index in [9.17, 15) is 4.39 Å². The van der Waals surface area contributed by atoms with Gasteiger partial charge >= 0.3 is 5.65 Å². The molecule has 0 aliphatic rings. The summed E-state index contributed by atoms with van der Waals surface area (Å²) in [5, 5.41) is 3.98. The smallest absolute Gasteiger partial charge is 0.355 e. The van der Waals surface area contributed by atoms with Gasteiger partial charge in [-0.2, -0.15) is 0 Å². The van der Waals surface area contributed by atoms with E-state index in [2.05, 4.69) is 15.1 Å². The summed E-state index contributed by atoms with van der Waals surface area (Å²) in [6.07, 6.45) is 7.33. The Morgan fingerprint density at radius 1 is 1.22 bits per heavy atom. The lowest BCUT2D eigenvalue weighted by Crippen LogP contribution is -2.23. The van der Waals surface area contributed by atoms with Crippen LogP contribution in [0.4, 0.5) is 4.39 Å². The second-order valence-corrected chi connectivity index (χ2v) is 5.37. The largest absolute Gasteiger partial charge is 0.494 e. The van der Waals surface area contributed by atoms with Crippen molar-refractivity contribution >= 4 is 16.6 Å². The van der Waals surface area contributed by atoms with Crippen LogP contribution < -0.4 is 9.25 Å². The Labute approximate surface area is 131 Å². The van der Waals surface area contributed by atoms with Crippen LogP contribution in [0.1, 0.15) is 5.56 Å². The van der Waals surface area contributed by atoms with Gasteiger partial charge in [-0.25, -0.2) is 9.49 Å². The van der Waals surface area contributed by atoms with Crippen LogP contribution >= 0.6 is 0 Å². The van der Waals surface area contributed by atoms with E-state index < -0.39 is 5.82 Å². The number of fused-ring (bicyclic) bond motifs is 2. The number of hydrogen-bond acceptors (Lipinski definition) is 3. The van der Waals surface area contributed by atoms with Gasteiger partial charge in [-0.1, -0.05) is 0 Å². The van der Waals surface area contributed by atoms with Crippen molar-refractivity contribution in [3.63, 3.8) is 0 Å². The van der Waals surface area contributed by atoms with Gasteiger partial charge in [0.1, 0.15) is 12.4 Å². The van der Waals surface area contributed by atoms with Gasteiger partial charge in [0.05, 0.1) is 24.4 Å². The summed E-state index contributed by atoms with van der Waals surface area (Å²) in [5.74, 6) is -0.227. The van der Waals surface area contributed by atoms with Gasteiger partial charge in [-0.15, -0.1) is 4.52 Å². The number of halogens is 1. The van der Waals surface area contributed by atoms with Gasteiger partial charge in [-0.3, -0.25) is 4.98 Å². The molecule has 0 saturated carbocycles. The van der Waals surface area contributed by atoms with Crippen molar-refractivity contribution < 1.29 is 13.6 Å². The second-order valence-electron chi connectivity index (χ2n) is 5.37. The van der Waals surface area contributed by atoms with E-state index in [1.54, 1.807) is 12.3 Å². The summed E-state index contributed by atoms with van der Waals surface area (Å²) in [6, 6.07) is 4.95. The lowest BCUT2D eigenvalue weighted by Gasteiger charge is -2.07. The molecule has 0 radical (unpaired) electrons. The first-order chi connectivity index (χ1) is 11.2. The zero-order valence-corrected chi connectivity index (χ0v) is 12.7. The molecule has 0 saturated heterocycles. The highest BCUT2D eigenvalue weighted by Gasteiger charge is 2.18. The molecule has 3 heterocycles. The Bertz CT molecular complexity index is 1040.